The van der Waals surface area contributed by atoms with E-state index in [1.165, 1.54) is 32.1 Å². The van der Waals surface area contributed by atoms with Gasteiger partial charge in [-0.2, -0.15) is 0 Å². The summed E-state index contributed by atoms with van der Waals surface area (Å²) >= 11 is 0. The van der Waals surface area contributed by atoms with Gasteiger partial charge >= 0.3 is 0 Å². The van der Waals surface area contributed by atoms with Gasteiger partial charge in [0.2, 0.25) is 21.8 Å². The molecule has 5 atom stereocenters. The third-order valence-electron chi connectivity index (χ3n) is 9.22. The molecule has 0 aromatic carbocycles. The van der Waals surface area contributed by atoms with Crippen molar-refractivity contribution in [3.8, 4) is 0 Å². The molecule has 218 valence electrons. The number of sulfonamides is 1. The fourth-order valence-electron chi connectivity index (χ4n) is 6.99. The molecule has 2 amide bonds. The minimum Gasteiger partial charge on any atom is -0.349 e. The van der Waals surface area contributed by atoms with Crippen molar-refractivity contribution >= 4 is 21.8 Å². The van der Waals surface area contributed by atoms with Crippen LogP contribution in [0.1, 0.15) is 104 Å². The number of fused-ring (bicyclic) bond motifs is 1. The molecule has 0 aromatic rings. The van der Waals surface area contributed by atoms with Crippen molar-refractivity contribution in [2.75, 3.05) is 12.3 Å². The van der Waals surface area contributed by atoms with Gasteiger partial charge < -0.3 is 10.2 Å². The van der Waals surface area contributed by atoms with Crippen molar-refractivity contribution in [1.82, 2.24) is 25.6 Å². The summed E-state index contributed by atoms with van der Waals surface area (Å²) in [6, 6.07) is -0.317. The smallest absolute Gasteiger partial charge is 0.239 e. The third kappa shape index (κ3) is 7.92. The maximum absolute atomic E-state index is 13.6. The van der Waals surface area contributed by atoms with Gasteiger partial charge in [0.1, 0.15) is 6.04 Å². The SMILES string of the molecule is CC(C)CCS(=O)(=O)N[C@@H](CC(=O)N1CCC[C@@H]1C1CCCCC1)C(=O)NC(C)C1NC2CCCCC2N1. The summed E-state index contributed by atoms with van der Waals surface area (Å²) in [5, 5.41) is 10.2. The highest BCUT2D eigenvalue weighted by atomic mass is 32.2. The van der Waals surface area contributed by atoms with Crippen LogP contribution in [0.4, 0.5) is 0 Å². The Kier molecular flexibility index (Phi) is 10.5. The number of carbonyl (C=O) groups excluding carboxylic acids is 2. The van der Waals surface area contributed by atoms with Crippen LogP contribution in [0.2, 0.25) is 0 Å². The largest absolute Gasteiger partial charge is 0.349 e. The predicted molar refractivity (Wildman–Crippen MR) is 150 cm³/mol. The highest BCUT2D eigenvalue weighted by Gasteiger charge is 2.40. The van der Waals surface area contributed by atoms with E-state index in [0.29, 0.717) is 31.0 Å². The van der Waals surface area contributed by atoms with Crippen LogP contribution in [-0.2, 0) is 19.6 Å². The molecule has 38 heavy (non-hydrogen) atoms. The fourth-order valence-corrected chi connectivity index (χ4v) is 8.52. The number of carbonyl (C=O) groups is 2. The summed E-state index contributed by atoms with van der Waals surface area (Å²) in [5.74, 6) is 0.158. The van der Waals surface area contributed by atoms with Gasteiger partial charge in [-0.15, -0.1) is 0 Å². The molecule has 2 saturated heterocycles. The molecule has 4 N–H and O–H groups in total. The first-order chi connectivity index (χ1) is 18.1. The van der Waals surface area contributed by atoms with Crippen molar-refractivity contribution < 1.29 is 18.0 Å². The van der Waals surface area contributed by atoms with E-state index in [0.717, 1.165) is 38.5 Å². The van der Waals surface area contributed by atoms with Crippen LogP contribution in [0.5, 0.6) is 0 Å². The van der Waals surface area contributed by atoms with Gasteiger partial charge in [-0.1, -0.05) is 46.0 Å². The first-order valence-corrected chi connectivity index (χ1v) is 16.9. The molecule has 4 aliphatic rings. The molecule has 4 fully saturated rings. The molecule has 9 nitrogen and oxygen atoms in total. The minimum atomic E-state index is -3.71. The summed E-state index contributed by atoms with van der Waals surface area (Å²) in [5.41, 5.74) is 0. The number of rotatable bonds is 11. The Morgan fingerprint density at radius 2 is 1.53 bits per heavy atom. The maximum Gasteiger partial charge on any atom is 0.239 e. The molecule has 2 aliphatic heterocycles. The normalized spacial score (nSPS) is 30.3. The molecule has 2 saturated carbocycles. The van der Waals surface area contributed by atoms with Gasteiger partial charge in [-0.05, 0) is 63.7 Å². The lowest BCUT2D eigenvalue weighted by molar-refractivity contribution is -0.136. The van der Waals surface area contributed by atoms with Crippen molar-refractivity contribution in [1.29, 1.82) is 0 Å². The second-order valence-corrected chi connectivity index (χ2v) is 14.5. The van der Waals surface area contributed by atoms with Gasteiger partial charge in [-0.3, -0.25) is 20.2 Å². The van der Waals surface area contributed by atoms with Crippen LogP contribution in [-0.4, -0.2) is 73.8 Å². The lowest BCUT2D eigenvalue weighted by atomic mass is 9.83. The Labute approximate surface area is 230 Å². The summed E-state index contributed by atoms with van der Waals surface area (Å²) in [7, 11) is -3.71. The molecule has 0 aromatic heterocycles. The van der Waals surface area contributed by atoms with Gasteiger partial charge in [0.25, 0.3) is 0 Å². The Morgan fingerprint density at radius 3 is 2.16 bits per heavy atom. The number of hydrogen-bond donors (Lipinski definition) is 4. The van der Waals surface area contributed by atoms with Gasteiger partial charge in [0.15, 0.2) is 0 Å². The van der Waals surface area contributed by atoms with Crippen LogP contribution < -0.4 is 20.7 Å². The predicted octanol–water partition coefficient (Wildman–Crippen LogP) is 2.62. The third-order valence-corrected chi connectivity index (χ3v) is 10.6. The van der Waals surface area contributed by atoms with Crippen molar-refractivity contribution in [2.45, 2.75) is 141 Å². The van der Waals surface area contributed by atoms with Gasteiger partial charge in [-0.25, -0.2) is 13.1 Å². The lowest BCUT2D eigenvalue weighted by Gasteiger charge is -2.35. The summed E-state index contributed by atoms with van der Waals surface area (Å²) in [6.45, 7) is 6.58. The quantitative estimate of drug-likeness (QED) is 0.312. The Balaban J connectivity index is 1.42. The Bertz CT molecular complexity index is 893. The van der Waals surface area contributed by atoms with E-state index in [-0.39, 0.29) is 42.2 Å². The van der Waals surface area contributed by atoms with E-state index in [1.807, 2.05) is 25.7 Å². The molecular weight excluding hydrogens is 502 g/mol. The number of nitrogens with zero attached hydrogens (tertiary/aromatic N) is 1. The van der Waals surface area contributed by atoms with E-state index < -0.39 is 22.0 Å². The zero-order valence-electron chi connectivity index (χ0n) is 23.7. The molecular formula is C28H51N5O4S. The Morgan fingerprint density at radius 1 is 0.895 bits per heavy atom. The molecule has 0 bridgehead atoms. The molecule has 4 rings (SSSR count). The summed E-state index contributed by atoms with van der Waals surface area (Å²) < 4.78 is 28.5. The topological polar surface area (TPSA) is 120 Å². The first kappa shape index (κ1) is 29.7. The van der Waals surface area contributed by atoms with Crippen LogP contribution in [0.25, 0.3) is 0 Å². The lowest BCUT2D eigenvalue weighted by Crippen LogP contribution is -2.57. The van der Waals surface area contributed by atoms with Gasteiger partial charge in [0, 0.05) is 24.7 Å². The van der Waals surface area contributed by atoms with Crippen LogP contribution >= 0.6 is 0 Å². The van der Waals surface area contributed by atoms with E-state index in [2.05, 4.69) is 20.7 Å². The number of amides is 2. The maximum atomic E-state index is 13.6. The first-order valence-electron chi connectivity index (χ1n) is 15.2. The molecule has 0 spiro atoms. The van der Waals surface area contributed by atoms with Crippen LogP contribution in [0.3, 0.4) is 0 Å². The second-order valence-electron chi connectivity index (χ2n) is 12.7. The van der Waals surface area contributed by atoms with E-state index in [4.69, 9.17) is 0 Å². The van der Waals surface area contributed by atoms with Crippen molar-refractivity contribution in [3.05, 3.63) is 0 Å². The van der Waals surface area contributed by atoms with E-state index in [1.54, 1.807) is 0 Å². The molecule has 0 radical (unpaired) electrons. The molecule has 2 heterocycles. The second kappa shape index (κ2) is 13.4. The van der Waals surface area contributed by atoms with E-state index >= 15 is 0 Å². The zero-order valence-corrected chi connectivity index (χ0v) is 24.5. The molecule has 2 aliphatic carbocycles. The zero-order chi connectivity index (χ0) is 27.3. The highest BCUT2D eigenvalue weighted by Crippen LogP contribution is 2.34. The van der Waals surface area contributed by atoms with Crippen molar-refractivity contribution in [2.24, 2.45) is 11.8 Å². The van der Waals surface area contributed by atoms with Gasteiger partial charge in [0.05, 0.1) is 24.4 Å². The van der Waals surface area contributed by atoms with Crippen LogP contribution in [0.15, 0.2) is 0 Å². The highest BCUT2D eigenvalue weighted by molar-refractivity contribution is 7.89. The Hall–Kier alpha value is -1.23. The van der Waals surface area contributed by atoms with E-state index in [9.17, 15) is 18.0 Å². The monoisotopic (exact) mass is 553 g/mol. The average molecular weight is 554 g/mol. The fraction of sp³-hybridized carbons (Fsp3) is 0.929. The molecule has 3 unspecified atom stereocenters. The molecule has 10 heteroatoms. The minimum absolute atomic E-state index is 0.0539. The average Bonchev–Trinajstić information content (AvgIpc) is 3.55. The number of hydrogen-bond acceptors (Lipinski definition) is 6. The number of nitrogens with one attached hydrogen (secondary N) is 4. The van der Waals surface area contributed by atoms with Crippen LogP contribution in [0, 0.1) is 11.8 Å². The number of likely N-dealkylation sites (tertiary alicyclic amines) is 1. The summed E-state index contributed by atoms with van der Waals surface area (Å²) in [4.78, 5) is 29.0. The summed E-state index contributed by atoms with van der Waals surface area (Å²) in [6.07, 6.45) is 12.9. The standard InChI is InChI=1S/C28H51N5O4S/c1-19(2)15-17-38(36,37)32-24(18-26(34)33-16-9-14-25(33)21-10-5-4-6-11-21)28(35)29-20(3)27-30-22-12-7-8-13-23(22)31-27/h19-25,27,30-32H,4-18H2,1-3H3,(H,29,35)/t20?,22?,23?,24-,25+,27?/m0/s1. The van der Waals surface area contributed by atoms with Crippen molar-refractivity contribution in [3.63, 3.8) is 0 Å².